The van der Waals surface area contributed by atoms with E-state index in [1.807, 2.05) is 18.2 Å². The fourth-order valence-electron chi connectivity index (χ4n) is 1.69. The van der Waals surface area contributed by atoms with Gasteiger partial charge in [0.15, 0.2) is 0 Å². The summed E-state index contributed by atoms with van der Waals surface area (Å²) in [5, 5.41) is 5.96. The van der Waals surface area contributed by atoms with Crippen molar-refractivity contribution in [3.8, 4) is 0 Å². The Morgan fingerprint density at radius 1 is 1.15 bits per heavy atom. The van der Waals surface area contributed by atoms with Gasteiger partial charge in [0.25, 0.3) is 5.91 Å². The molecule has 0 aliphatic carbocycles. The van der Waals surface area contributed by atoms with Crippen molar-refractivity contribution in [2.24, 2.45) is 0 Å². The van der Waals surface area contributed by atoms with E-state index in [1.165, 1.54) is 6.33 Å². The summed E-state index contributed by atoms with van der Waals surface area (Å²) in [6.07, 6.45) is 3.64. The van der Waals surface area contributed by atoms with Crippen molar-refractivity contribution in [2.45, 2.75) is 19.8 Å². The standard InChI is InChI=1S/C15H18N4O/c1-2-3-9-16-13-10-14(18-11-17-13)19-15(20)12-7-5-4-6-8-12/h4-8,10-11H,2-3,9H2,1H3,(H2,16,17,18,19,20). The molecule has 0 radical (unpaired) electrons. The molecule has 0 saturated heterocycles. The number of hydrogen-bond donors (Lipinski definition) is 2. The van der Waals surface area contributed by atoms with E-state index in [-0.39, 0.29) is 5.91 Å². The number of aromatic nitrogens is 2. The molecule has 5 heteroatoms. The van der Waals surface area contributed by atoms with Gasteiger partial charge < -0.3 is 10.6 Å². The van der Waals surface area contributed by atoms with Gasteiger partial charge in [0.05, 0.1) is 0 Å². The number of nitrogens with zero attached hydrogens (tertiary/aromatic N) is 2. The number of unbranched alkanes of at least 4 members (excludes halogenated alkanes) is 1. The number of hydrogen-bond acceptors (Lipinski definition) is 4. The molecule has 104 valence electrons. The number of carbonyl (C=O) groups is 1. The molecule has 1 amide bonds. The third kappa shape index (κ3) is 4.05. The fraction of sp³-hybridized carbons (Fsp3) is 0.267. The van der Waals surface area contributed by atoms with Gasteiger partial charge in [-0.3, -0.25) is 4.79 Å². The highest BCUT2D eigenvalue weighted by Crippen LogP contribution is 2.10. The molecule has 1 aromatic carbocycles. The molecular weight excluding hydrogens is 252 g/mol. The zero-order valence-electron chi connectivity index (χ0n) is 11.5. The highest BCUT2D eigenvalue weighted by molar-refractivity contribution is 6.03. The van der Waals surface area contributed by atoms with Crippen molar-refractivity contribution in [3.63, 3.8) is 0 Å². The Labute approximate surface area is 118 Å². The molecule has 2 N–H and O–H groups in total. The molecule has 1 heterocycles. The van der Waals surface area contributed by atoms with Crippen LogP contribution in [0, 0.1) is 0 Å². The van der Waals surface area contributed by atoms with Crippen molar-refractivity contribution in [1.29, 1.82) is 0 Å². The topological polar surface area (TPSA) is 66.9 Å². The highest BCUT2D eigenvalue weighted by atomic mass is 16.1. The van der Waals surface area contributed by atoms with E-state index in [9.17, 15) is 4.79 Å². The van der Waals surface area contributed by atoms with E-state index in [4.69, 9.17) is 0 Å². The van der Waals surface area contributed by atoms with Crippen molar-refractivity contribution in [1.82, 2.24) is 9.97 Å². The average molecular weight is 270 g/mol. The van der Waals surface area contributed by atoms with Crippen LogP contribution in [0.5, 0.6) is 0 Å². The van der Waals surface area contributed by atoms with Gasteiger partial charge in [-0.25, -0.2) is 9.97 Å². The Morgan fingerprint density at radius 2 is 1.90 bits per heavy atom. The third-order valence-corrected chi connectivity index (χ3v) is 2.78. The molecule has 5 nitrogen and oxygen atoms in total. The molecular formula is C15H18N4O. The van der Waals surface area contributed by atoms with Crippen LogP contribution < -0.4 is 10.6 Å². The largest absolute Gasteiger partial charge is 0.370 e. The average Bonchev–Trinajstić information content (AvgIpc) is 2.49. The van der Waals surface area contributed by atoms with E-state index >= 15 is 0 Å². The molecule has 0 atom stereocenters. The van der Waals surface area contributed by atoms with Crippen LogP contribution in [-0.2, 0) is 0 Å². The van der Waals surface area contributed by atoms with E-state index < -0.39 is 0 Å². The van der Waals surface area contributed by atoms with Gasteiger partial charge in [0.1, 0.15) is 18.0 Å². The maximum Gasteiger partial charge on any atom is 0.256 e. The van der Waals surface area contributed by atoms with Crippen LogP contribution >= 0.6 is 0 Å². The minimum absolute atomic E-state index is 0.177. The summed E-state index contributed by atoms with van der Waals surface area (Å²) < 4.78 is 0. The summed E-state index contributed by atoms with van der Waals surface area (Å²) in [6, 6.07) is 10.8. The Bertz CT molecular complexity index is 557. The van der Waals surface area contributed by atoms with Crippen molar-refractivity contribution < 1.29 is 4.79 Å². The third-order valence-electron chi connectivity index (χ3n) is 2.78. The summed E-state index contributed by atoms with van der Waals surface area (Å²) in [4.78, 5) is 20.2. The van der Waals surface area contributed by atoms with E-state index in [0.717, 1.165) is 25.2 Å². The zero-order valence-corrected chi connectivity index (χ0v) is 11.5. The minimum atomic E-state index is -0.177. The molecule has 0 fully saturated rings. The first kappa shape index (κ1) is 14.0. The SMILES string of the molecule is CCCCNc1cc(NC(=O)c2ccccc2)ncn1. The smallest absolute Gasteiger partial charge is 0.256 e. The van der Waals surface area contributed by atoms with Crippen molar-refractivity contribution in [2.75, 3.05) is 17.2 Å². The quantitative estimate of drug-likeness (QED) is 0.792. The molecule has 0 saturated carbocycles. The van der Waals surface area contributed by atoms with Gasteiger partial charge >= 0.3 is 0 Å². The van der Waals surface area contributed by atoms with Crippen LogP contribution in [0.15, 0.2) is 42.7 Å². The first-order chi connectivity index (χ1) is 9.79. The van der Waals surface area contributed by atoms with Gasteiger partial charge in [-0.2, -0.15) is 0 Å². The summed E-state index contributed by atoms with van der Waals surface area (Å²) in [5.74, 6) is 1.04. The van der Waals surface area contributed by atoms with Crippen molar-refractivity contribution >= 4 is 17.5 Å². The first-order valence-corrected chi connectivity index (χ1v) is 6.72. The number of benzene rings is 1. The Balaban J connectivity index is 1.99. The molecule has 2 aromatic rings. The summed E-state index contributed by atoms with van der Waals surface area (Å²) in [7, 11) is 0. The lowest BCUT2D eigenvalue weighted by atomic mass is 10.2. The Morgan fingerprint density at radius 3 is 2.65 bits per heavy atom. The fourth-order valence-corrected chi connectivity index (χ4v) is 1.69. The number of anilines is 2. The van der Waals surface area contributed by atoms with Gasteiger partial charge in [0.2, 0.25) is 0 Å². The lowest BCUT2D eigenvalue weighted by molar-refractivity contribution is 0.102. The normalized spacial score (nSPS) is 10.1. The van der Waals surface area contributed by atoms with Crippen LogP contribution in [0.25, 0.3) is 0 Å². The van der Waals surface area contributed by atoms with Crippen LogP contribution in [0.3, 0.4) is 0 Å². The van der Waals surface area contributed by atoms with Gasteiger partial charge in [-0.15, -0.1) is 0 Å². The molecule has 0 spiro atoms. The molecule has 1 aromatic heterocycles. The van der Waals surface area contributed by atoms with Crippen LogP contribution in [0.4, 0.5) is 11.6 Å². The van der Waals surface area contributed by atoms with Gasteiger partial charge in [0, 0.05) is 18.2 Å². The van der Waals surface area contributed by atoms with E-state index in [2.05, 4.69) is 27.5 Å². The number of carbonyl (C=O) groups excluding carboxylic acids is 1. The first-order valence-electron chi connectivity index (χ1n) is 6.72. The second kappa shape index (κ2) is 7.23. The van der Waals surface area contributed by atoms with Gasteiger partial charge in [-0.1, -0.05) is 31.5 Å². The number of rotatable bonds is 6. The summed E-state index contributed by atoms with van der Waals surface area (Å²) in [6.45, 7) is 2.99. The zero-order chi connectivity index (χ0) is 14.2. The van der Waals surface area contributed by atoms with Gasteiger partial charge in [-0.05, 0) is 18.6 Å². The molecule has 2 rings (SSSR count). The second-order valence-electron chi connectivity index (χ2n) is 4.39. The number of amides is 1. The van der Waals surface area contributed by atoms with E-state index in [1.54, 1.807) is 18.2 Å². The lowest BCUT2D eigenvalue weighted by Gasteiger charge is -2.07. The maximum atomic E-state index is 12.0. The highest BCUT2D eigenvalue weighted by Gasteiger charge is 2.06. The van der Waals surface area contributed by atoms with Crippen LogP contribution in [-0.4, -0.2) is 22.4 Å². The second-order valence-corrected chi connectivity index (χ2v) is 4.39. The predicted octanol–water partition coefficient (Wildman–Crippen LogP) is 2.94. The Hall–Kier alpha value is -2.43. The monoisotopic (exact) mass is 270 g/mol. The van der Waals surface area contributed by atoms with Crippen molar-refractivity contribution in [3.05, 3.63) is 48.3 Å². The summed E-state index contributed by atoms with van der Waals surface area (Å²) in [5.41, 5.74) is 0.603. The van der Waals surface area contributed by atoms with Crippen LogP contribution in [0.1, 0.15) is 30.1 Å². The van der Waals surface area contributed by atoms with E-state index in [0.29, 0.717) is 11.4 Å². The predicted molar refractivity (Wildman–Crippen MR) is 79.8 cm³/mol. The summed E-state index contributed by atoms with van der Waals surface area (Å²) >= 11 is 0. The Kier molecular flexibility index (Phi) is 5.06. The lowest BCUT2D eigenvalue weighted by Crippen LogP contribution is -2.13. The molecule has 0 unspecified atom stereocenters. The minimum Gasteiger partial charge on any atom is -0.370 e. The maximum absolute atomic E-state index is 12.0. The molecule has 0 bridgehead atoms. The molecule has 0 aliphatic heterocycles. The molecule has 20 heavy (non-hydrogen) atoms. The van der Waals surface area contributed by atoms with Crippen LogP contribution in [0.2, 0.25) is 0 Å². The molecule has 0 aliphatic rings. The number of nitrogens with one attached hydrogen (secondary N) is 2.